The van der Waals surface area contributed by atoms with Gasteiger partial charge in [-0.3, -0.25) is 4.79 Å². The van der Waals surface area contributed by atoms with Gasteiger partial charge in [0.15, 0.2) is 0 Å². The average molecular weight is 235 g/mol. The van der Waals surface area contributed by atoms with Crippen LogP contribution in [0, 0.1) is 0 Å². The molecule has 0 amide bonds. The number of hydrogen-bond donors (Lipinski definition) is 1. The summed E-state index contributed by atoms with van der Waals surface area (Å²) in [7, 11) is 1.49. The van der Waals surface area contributed by atoms with E-state index in [-0.39, 0.29) is 0 Å². The summed E-state index contributed by atoms with van der Waals surface area (Å²) < 4.78 is 17.5. The second-order valence-electron chi connectivity index (χ2n) is 3.33. The smallest absolute Gasteiger partial charge is 0.480 e. The topological polar surface area (TPSA) is 68.2 Å². The normalized spacial score (nSPS) is 23.3. The van der Waals surface area contributed by atoms with Crippen molar-refractivity contribution >= 4 is 14.9 Å². The lowest BCUT2D eigenvalue weighted by Gasteiger charge is -2.34. The highest BCUT2D eigenvalue weighted by atomic mass is 28.4. The zero-order valence-corrected chi connectivity index (χ0v) is 10.2. The molecule has 15 heavy (non-hydrogen) atoms. The van der Waals surface area contributed by atoms with Crippen molar-refractivity contribution in [2.45, 2.75) is 18.9 Å². The maximum Gasteiger partial charge on any atom is 0.599 e. The van der Waals surface area contributed by atoms with Gasteiger partial charge in [-0.2, -0.15) is 0 Å². The molecule has 0 bridgehead atoms. The van der Waals surface area contributed by atoms with Gasteiger partial charge in [0.25, 0.3) is 0 Å². The Balaban J connectivity index is 2.87. The minimum Gasteiger partial charge on any atom is -0.480 e. The van der Waals surface area contributed by atoms with E-state index in [0.717, 1.165) is 6.42 Å². The Morgan fingerprint density at radius 2 is 1.87 bits per heavy atom. The molecular formula is C8H17NO5Si. The number of hydrogen-bond acceptors (Lipinski definition) is 5. The Labute approximate surface area is 90.2 Å². The van der Waals surface area contributed by atoms with E-state index in [2.05, 4.69) is 0 Å². The fourth-order valence-electron chi connectivity index (χ4n) is 1.95. The Hall–Kier alpha value is -0.473. The average Bonchev–Trinajstić information content (AvgIpc) is 2.71. The fraction of sp³-hybridized carbons (Fsp3) is 0.875. The third-order valence-corrected chi connectivity index (χ3v) is 5.45. The van der Waals surface area contributed by atoms with Gasteiger partial charge in [0, 0.05) is 21.3 Å². The van der Waals surface area contributed by atoms with E-state index >= 15 is 0 Å². The highest BCUT2D eigenvalue weighted by molar-refractivity contribution is 6.57. The number of carboxylic acids is 1. The van der Waals surface area contributed by atoms with Crippen LogP contribution in [-0.2, 0) is 18.1 Å². The van der Waals surface area contributed by atoms with E-state index in [1.807, 2.05) is 0 Å². The van der Waals surface area contributed by atoms with Crippen LogP contribution in [0.1, 0.15) is 12.8 Å². The molecule has 1 unspecified atom stereocenters. The van der Waals surface area contributed by atoms with Crippen LogP contribution in [0.4, 0.5) is 0 Å². The van der Waals surface area contributed by atoms with E-state index in [1.54, 1.807) is 4.57 Å². The highest BCUT2D eigenvalue weighted by Gasteiger charge is 2.53. The molecule has 1 aliphatic heterocycles. The summed E-state index contributed by atoms with van der Waals surface area (Å²) in [6, 6.07) is -0.559. The molecule has 0 radical (unpaired) electrons. The summed E-state index contributed by atoms with van der Waals surface area (Å²) in [6.45, 7) is 0.638. The standard InChI is InChI=1S/C8H17NO5Si/c1-12-15(13-2,14-3)9-6-4-5-7(9)8(10)11/h7H,4-6H2,1-3H3,(H,10,11). The summed E-state index contributed by atoms with van der Waals surface area (Å²) >= 11 is 0. The maximum absolute atomic E-state index is 11.0. The van der Waals surface area contributed by atoms with Gasteiger partial charge in [-0.1, -0.05) is 0 Å². The summed E-state index contributed by atoms with van der Waals surface area (Å²) in [4.78, 5) is 11.0. The van der Waals surface area contributed by atoms with Gasteiger partial charge in [0.2, 0.25) is 0 Å². The molecule has 1 atom stereocenters. The summed E-state index contributed by atoms with van der Waals surface area (Å²) in [5.74, 6) is -0.851. The SMILES string of the molecule is CO[Si](OC)(OC)N1CCCC1C(=O)O. The molecule has 1 aliphatic rings. The molecule has 1 rings (SSSR count). The first kappa shape index (κ1) is 12.6. The number of rotatable bonds is 5. The summed E-state index contributed by atoms with van der Waals surface area (Å²) in [5, 5.41) is 9.05. The number of nitrogens with zero attached hydrogens (tertiary/aromatic N) is 1. The maximum atomic E-state index is 11.0. The first-order valence-electron chi connectivity index (χ1n) is 4.76. The first-order valence-corrected chi connectivity index (χ1v) is 6.43. The van der Waals surface area contributed by atoms with Crippen molar-refractivity contribution in [3.63, 3.8) is 0 Å². The molecule has 88 valence electrons. The molecule has 0 aromatic rings. The molecule has 0 aromatic carbocycles. The van der Waals surface area contributed by atoms with Crippen LogP contribution in [-0.4, -0.2) is 58.5 Å². The first-order chi connectivity index (χ1) is 7.11. The van der Waals surface area contributed by atoms with Crippen molar-refractivity contribution in [3.8, 4) is 0 Å². The molecule has 7 heteroatoms. The fourth-order valence-corrected chi connectivity index (χ4v) is 4.21. The molecular weight excluding hydrogens is 218 g/mol. The minimum absolute atomic E-state index is 0.559. The van der Waals surface area contributed by atoms with Crippen molar-refractivity contribution in [2.75, 3.05) is 27.9 Å². The molecule has 1 N–H and O–H groups in total. The Morgan fingerprint density at radius 3 is 2.27 bits per heavy atom. The van der Waals surface area contributed by atoms with Crippen molar-refractivity contribution in [1.29, 1.82) is 0 Å². The lowest BCUT2D eigenvalue weighted by atomic mass is 10.2. The largest absolute Gasteiger partial charge is 0.599 e. The zero-order valence-electron chi connectivity index (χ0n) is 9.23. The van der Waals surface area contributed by atoms with Gasteiger partial charge < -0.3 is 18.4 Å². The van der Waals surface area contributed by atoms with Crippen LogP contribution < -0.4 is 0 Å². The van der Waals surface area contributed by atoms with Crippen LogP contribution in [0.2, 0.25) is 0 Å². The van der Waals surface area contributed by atoms with E-state index in [0.29, 0.717) is 13.0 Å². The zero-order chi connectivity index (χ0) is 11.5. The molecule has 1 heterocycles. The third kappa shape index (κ3) is 2.21. The monoisotopic (exact) mass is 235 g/mol. The van der Waals surface area contributed by atoms with Crippen molar-refractivity contribution in [1.82, 2.24) is 4.57 Å². The predicted octanol–water partition coefficient (Wildman–Crippen LogP) is -0.0898. The molecule has 1 fully saturated rings. The van der Waals surface area contributed by atoms with Crippen LogP contribution in [0.3, 0.4) is 0 Å². The minimum atomic E-state index is -2.96. The van der Waals surface area contributed by atoms with Crippen LogP contribution in [0.25, 0.3) is 0 Å². The van der Waals surface area contributed by atoms with Crippen molar-refractivity contribution in [2.24, 2.45) is 0 Å². The molecule has 0 saturated carbocycles. The van der Waals surface area contributed by atoms with Gasteiger partial charge in [0.05, 0.1) is 0 Å². The van der Waals surface area contributed by atoms with Gasteiger partial charge in [-0.25, -0.2) is 4.57 Å². The molecule has 6 nitrogen and oxygen atoms in total. The summed E-state index contributed by atoms with van der Waals surface area (Å²) in [6.07, 6.45) is 1.43. The molecule has 1 saturated heterocycles. The third-order valence-electron chi connectivity index (χ3n) is 2.66. The Morgan fingerprint density at radius 1 is 1.33 bits per heavy atom. The Kier molecular flexibility index (Phi) is 4.23. The van der Waals surface area contributed by atoms with Gasteiger partial charge in [-0.15, -0.1) is 0 Å². The molecule has 0 aliphatic carbocycles. The van der Waals surface area contributed by atoms with E-state index in [9.17, 15) is 4.79 Å². The van der Waals surface area contributed by atoms with Crippen LogP contribution in [0.15, 0.2) is 0 Å². The predicted molar refractivity (Wildman–Crippen MR) is 54.1 cm³/mol. The van der Waals surface area contributed by atoms with Crippen molar-refractivity contribution in [3.05, 3.63) is 0 Å². The number of carboxylic acid groups (broad SMARTS) is 1. The van der Waals surface area contributed by atoms with Crippen molar-refractivity contribution < 1.29 is 23.2 Å². The summed E-state index contributed by atoms with van der Waals surface area (Å²) in [5.41, 5.74) is 0. The van der Waals surface area contributed by atoms with Crippen LogP contribution in [0.5, 0.6) is 0 Å². The van der Waals surface area contributed by atoms with Gasteiger partial charge in [0.1, 0.15) is 6.04 Å². The number of carbonyl (C=O) groups is 1. The van der Waals surface area contributed by atoms with Crippen LogP contribution >= 0.6 is 0 Å². The quantitative estimate of drug-likeness (QED) is 0.672. The second kappa shape index (κ2) is 5.04. The van der Waals surface area contributed by atoms with Gasteiger partial charge >= 0.3 is 14.9 Å². The molecule has 0 spiro atoms. The lowest BCUT2D eigenvalue weighted by molar-refractivity contribution is -0.142. The Bertz CT molecular complexity index is 225. The van der Waals surface area contributed by atoms with E-state index < -0.39 is 21.0 Å². The second-order valence-corrected chi connectivity index (χ2v) is 6.17. The highest BCUT2D eigenvalue weighted by Crippen LogP contribution is 2.25. The number of aliphatic carboxylic acids is 1. The van der Waals surface area contributed by atoms with E-state index in [1.165, 1.54) is 21.3 Å². The van der Waals surface area contributed by atoms with E-state index in [4.69, 9.17) is 18.4 Å². The molecule has 0 aromatic heterocycles. The lowest BCUT2D eigenvalue weighted by Crippen LogP contribution is -2.62. The van der Waals surface area contributed by atoms with Gasteiger partial charge in [-0.05, 0) is 19.4 Å².